The summed E-state index contributed by atoms with van der Waals surface area (Å²) in [7, 11) is -3.70. The van der Waals surface area contributed by atoms with Crippen molar-refractivity contribution in [2.24, 2.45) is 0 Å². The third-order valence-corrected chi connectivity index (χ3v) is 7.61. The molecule has 0 saturated carbocycles. The molecule has 1 amide bonds. The van der Waals surface area contributed by atoms with Crippen LogP contribution in [0.2, 0.25) is 10.0 Å². The zero-order valence-electron chi connectivity index (χ0n) is 16.1. The molecule has 0 spiro atoms. The summed E-state index contributed by atoms with van der Waals surface area (Å²) in [6.07, 6.45) is 0. The van der Waals surface area contributed by atoms with Crippen LogP contribution in [0.3, 0.4) is 0 Å². The number of carbonyl (C=O) groups is 1. The van der Waals surface area contributed by atoms with Gasteiger partial charge >= 0.3 is 0 Å². The fourth-order valence-electron chi connectivity index (χ4n) is 3.09. The average molecular weight is 457 g/mol. The Hall–Kier alpha value is -1.64. The lowest BCUT2D eigenvalue weighted by molar-refractivity contribution is 0.0730. The minimum Gasteiger partial charge on any atom is -0.379 e. The van der Waals surface area contributed by atoms with Gasteiger partial charge in [-0.25, -0.2) is 8.42 Å². The van der Waals surface area contributed by atoms with Crippen LogP contribution in [0.5, 0.6) is 0 Å². The Morgan fingerprint density at radius 1 is 1.10 bits per heavy atom. The van der Waals surface area contributed by atoms with Crippen LogP contribution in [0.4, 0.5) is 0 Å². The highest BCUT2D eigenvalue weighted by molar-refractivity contribution is 7.89. The number of nitrogens with zero attached hydrogens (tertiary/aromatic N) is 1. The smallest absolute Gasteiger partial charge is 0.251 e. The maximum Gasteiger partial charge on any atom is 0.251 e. The fourth-order valence-corrected chi connectivity index (χ4v) is 5.06. The summed E-state index contributed by atoms with van der Waals surface area (Å²) in [4.78, 5) is 12.9. The van der Waals surface area contributed by atoms with E-state index in [4.69, 9.17) is 27.9 Å². The second-order valence-corrected chi connectivity index (χ2v) is 9.59. The van der Waals surface area contributed by atoms with Crippen LogP contribution in [0.1, 0.15) is 34.5 Å². The quantitative estimate of drug-likeness (QED) is 0.741. The van der Waals surface area contributed by atoms with Crippen LogP contribution in [0, 0.1) is 6.92 Å². The molecule has 156 valence electrons. The summed E-state index contributed by atoms with van der Waals surface area (Å²) in [5.41, 5.74) is 1.65. The van der Waals surface area contributed by atoms with Crippen molar-refractivity contribution < 1.29 is 17.9 Å². The molecule has 0 radical (unpaired) electrons. The molecule has 1 aliphatic heterocycles. The maximum absolute atomic E-state index is 13.0. The van der Waals surface area contributed by atoms with E-state index in [1.165, 1.54) is 10.4 Å². The van der Waals surface area contributed by atoms with Gasteiger partial charge < -0.3 is 10.1 Å². The van der Waals surface area contributed by atoms with Gasteiger partial charge in [0.05, 0.1) is 34.2 Å². The van der Waals surface area contributed by atoms with Crippen LogP contribution < -0.4 is 5.32 Å². The van der Waals surface area contributed by atoms with Crippen LogP contribution >= 0.6 is 23.2 Å². The van der Waals surface area contributed by atoms with E-state index in [1.54, 1.807) is 37.3 Å². The first-order valence-corrected chi connectivity index (χ1v) is 11.3. The van der Waals surface area contributed by atoms with Crippen LogP contribution in [-0.2, 0) is 14.8 Å². The summed E-state index contributed by atoms with van der Waals surface area (Å²) in [6, 6.07) is 9.49. The highest BCUT2D eigenvalue weighted by Crippen LogP contribution is 2.26. The number of aryl methyl sites for hydroxylation is 1. The van der Waals surface area contributed by atoms with Crippen molar-refractivity contribution in [2.75, 3.05) is 26.3 Å². The fraction of sp³-hybridized carbons (Fsp3) is 0.350. The third-order valence-electron chi connectivity index (χ3n) is 4.83. The maximum atomic E-state index is 13.0. The van der Waals surface area contributed by atoms with Gasteiger partial charge in [0.2, 0.25) is 10.0 Å². The molecule has 0 aliphatic carbocycles. The van der Waals surface area contributed by atoms with Gasteiger partial charge in [0.25, 0.3) is 5.91 Å². The number of carbonyl (C=O) groups excluding carboxylic acids is 1. The Balaban J connectivity index is 1.82. The number of halogens is 2. The van der Waals surface area contributed by atoms with E-state index in [-0.39, 0.29) is 22.4 Å². The zero-order chi connectivity index (χ0) is 21.2. The van der Waals surface area contributed by atoms with Crippen molar-refractivity contribution >= 4 is 39.1 Å². The highest BCUT2D eigenvalue weighted by Gasteiger charge is 2.28. The van der Waals surface area contributed by atoms with Gasteiger partial charge in [0.1, 0.15) is 0 Å². The predicted molar refractivity (Wildman–Crippen MR) is 113 cm³/mol. The Labute approximate surface area is 180 Å². The van der Waals surface area contributed by atoms with E-state index in [0.29, 0.717) is 41.9 Å². The van der Waals surface area contributed by atoms with Gasteiger partial charge in [-0.1, -0.05) is 35.3 Å². The number of benzene rings is 2. The van der Waals surface area contributed by atoms with E-state index in [1.807, 2.05) is 6.92 Å². The molecule has 2 aromatic carbocycles. The van der Waals surface area contributed by atoms with Crippen molar-refractivity contribution in [3.05, 3.63) is 63.1 Å². The molecular formula is C20H22Cl2N2O4S. The minimum absolute atomic E-state index is 0.134. The lowest BCUT2D eigenvalue weighted by Crippen LogP contribution is -2.41. The van der Waals surface area contributed by atoms with Crippen LogP contribution in [0.15, 0.2) is 41.3 Å². The molecule has 1 fully saturated rings. The number of sulfonamides is 1. The van der Waals surface area contributed by atoms with Gasteiger partial charge in [-0.2, -0.15) is 4.31 Å². The van der Waals surface area contributed by atoms with Crippen molar-refractivity contribution in [3.63, 3.8) is 0 Å². The molecule has 1 atom stereocenters. The monoisotopic (exact) mass is 456 g/mol. The number of ether oxygens (including phenoxy) is 1. The van der Waals surface area contributed by atoms with Gasteiger partial charge in [-0.15, -0.1) is 0 Å². The van der Waals surface area contributed by atoms with Crippen molar-refractivity contribution in [1.82, 2.24) is 9.62 Å². The number of rotatable bonds is 5. The molecule has 3 rings (SSSR count). The largest absolute Gasteiger partial charge is 0.379 e. The lowest BCUT2D eigenvalue weighted by Gasteiger charge is -2.27. The third kappa shape index (κ3) is 4.92. The van der Waals surface area contributed by atoms with Crippen LogP contribution in [0.25, 0.3) is 0 Å². The molecule has 0 aromatic heterocycles. The SMILES string of the molecule is Cc1ccc(C(=O)NC(C)c2ccc(Cl)c(Cl)c2)cc1S(=O)(=O)N1CCOCC1. The minimum atomic E-state index is -3.70. The number of hydrogen-bond acceptors (Lipinski definition) is 4. The summed E-state index contributed by atoms with van der Waals surface area (Å²) < 4.78 is 32.6. The Kier molecular flexibility index (Phi) is 6.86. The number of hydrogen-bond donors (Lipinski definition) is 1. The normalized spacial score (nSPS) is 16.4. The van der Waals surface area contributed by atoms with Crippen molar-refractivity contribution in [2.45, 2.75) is 24.8 Å². The van der Waals surface area contributed by atoms with E-state index in [9.17, 15) is 13.2 Å². The number of morpholine rings is 1. The molecule has 1 heterocycles. The average Bonchev–Trinajstić information content (AvgIpc) is 2.70. The summed E-state index contributed by atoms with van der Waals surface area (Å²) >= 11 is 12.0. The molecule has 2 aromatic rings. The standard InChI is InChI=1S/C20H22Cl2N2O4S/c1-13-3-4-16(12-19(13)29(26,27)24-7-9-28-10-8-24)20(25)23-14(2)15-5-6-17(21)18(22)11-15/h3-6,11-12,14H,7-10H2,1-2H3,(H,23,25). The van der Waals surface area contributed by atoms with Crippen LogP contribution in [-0.4, -0.2) is 44.9 Å². The molecule has 9 heteroatoms. The summed E-state index contributed by atoms with van der Waals surface area (Å²) in [5.74, 6) is -0.373. The molecule has 1 N–H and O–H groups in total. The predicted octanol–water partition coefficient (Wildman–Crippen LogP) is 3.81. The van der Waals surface area contributed by atoms with E-state index in [2.05, 4.69) is 5.32 Å². The summed E-state index contributed by atoms with van der Waals surface area (Å²) in [6.45, 7) is 4.85. The molecule has 1 saturated heterocycles. The van der Waals surface area contributed by atoms with E-state index in [0.717, 1.165) is 5.56 Å². The van der Waals surface area contributed by atoms with E-state index >= 15 is 0 Å². The van der Waals surface area contributed by atoms with Crippen molar-refractivity contribution in [1.29, 1.82) is 0 Å². The zero-order valence-corrected chi connectivity index (χ0v) is 18.4. The first-order valence-electron chi connectivity index (χ1n) is 9.14. The Morgan fingerprint density at radius 2 is 1.79 bits per heavy atom. The topological polar surface area (TPSA) is 75.7 Å². The molecule has 0 bridgehead atoms. The first kappa shape index (κ1) is 22.1. The van der Waals surface area contributed by atoms with Gasteiger partial charge in [0, 0.05) is 18.7 Å². The highest BCUT2D eigenvalue weighted by atomic mass is 35.5. The lowest BCUT2D eigenvalue weighted by atomic mass is 10.1. The second kappa shape index (κ2) is 9.02. The first-order chi connectivity index (χ1) is 13.7. The van der Waals surface area contributed by atoms with Gasteiger partial charge in [-0.05, 0) is 49.2 Å². The number of nitrogens with one attached hydrogen (secondary N) is 1. The van der Waals surface area contributed by atoms with E-state index < -0.39 is 10.0 Å². The van der Waals surface area contributed by atoms with Crippen molar-refractivity contribution in [3.8, 4) is 0 Å². The number of amides is 1. The van der Waals surface area contributed by atoms with Gasteiger partial charge in [0.15, 0.2) is 0 Å². The molecule has 6 nitrogen and oxygen atoms in total. The Morgan fingerprint density at radius 3 is 2.45 bits per heavy atom. The molecule has 1 aliphatic rings. The molecule has 1 unspecified atom stereocenters. The second-order valence-electron chi connectivity index (χ2n) is 6.87. The molecular weight excluding hydrogens is 435 g/mol. The summed E-state index contributed by atoms with van der Waals surface area (Å²) in [5, 5.41) is 3.71. The Bertz CT molecular complexity index is 1020. The van der Waals surface area contributed by atoms with Gasteiger partial charge in [-0.3, -0.25) is 4.79 Å². The molecule has 29 heavy (non-hydrogen) atoms.